The highest BCUT2D eigenvalue weighted by molar-refractivity contribution is 6.42. The van der Waals surface area contributed by atoms with E-state index in [-0.39, 0.29) is 5.91 Å². The number of aromatic nitrogens is 2. The summed E-state index contributed by atoms with van der Waals surface area (Å²) >= 11 is 11.9. The van der Waals surface area contributed by atoms with E-state index in [2.05, 4.69) is 16.6 Å². The van der Waals surface area contributed by atoms with Crippen molar-refractivity contribution in [3.63, 3.8) is 0 Å². The fourth-order valence-electron chi connectivity index (χ4n) is 3.07. The fraction of sp³-hybridized carbons (Fsp3) is 0.0417. The molecule has 1 amide bonds. The van der Waals surface area contributed by atoms with Crippen LogP contribution in [-0.4, -0.2) is 21.9 Å². The number of rotatable bonds is 5. The molecule has 0 radical (unpaired) electrons. The van der Waals surface area contributed by atoms with Gasteiger partial charge in [0.05, 0.1) is 21.9 Å². The number of hydrogen-bond acceptors (Lipinski definition) is 3. The molecule has 1 heterocycles. The van der Waals surface area contributed by atoms with Gasteiger partial charge >= 0.3 is 0 Å². The Morgan fingerprint density at radius 1 is 1.00 bits per heavy atom. The molecule has 31 heavy (non-hydrogen) atoms. The van der Waals surface area contributed by atoms with Crippen LogP contribution in [0.4, 0.5) is 0 Å². The number of carbonyl (C=O) groups is 1. The monoisotopic (exact) mass is 448 g/mol. The van der Waals surface area contributed by atoms with E-state index >= 15 is 0 Å². The minimum Gasteiger partial charge on any atom is -0.267 e. The summed E-state index contributed by atoms with van der Waals surface area (Å²) in [5.41, 5.74) is 7.44. The van der Waals surface area contributed by atoms with Crippen molar-refractivity contribution >= 4 is 35.3 Å². The lowest BCUT2D eigenvalue weighted by Crippen LogP contribution is -2.17. The summed E-state index contributed by atoms with van der Waals surface area (Å²) in [5.74, 6) is -0.387. The standard InChI is InChI=1S/C24H18Cl2N4O/c1-16-6-5-7-17(12-16)23-19(15-30(29-23)20-8-3-2-4-9-20)14-27-28-24(31)18-10-11-21(25)22(26)13-18/h2-15H,1H3,(H,28,31). The molecule has 0 spiro atoms. The molecule has 4 rings (SSSR count). The molecule has 3 aromatic carbocycles. The molecular formula is C24H18Cl2N4O. The van der Waals surface area contributed by atoms with Crippen molar-refractivity contribution in [3.8, 4) is 16.9 Å². The lowest BCUT2D eigenvalue weighted by molar-refractivity contribution is 0.0955. The smallest absolute Gasteiger partial charge is 0.267 e. The van der Waals surface area contributed by atoms with Crippen LogP contribution in [-0.2, 0) is 0 Å². The Morgan fingerprint density at radius 2 is 1.81 bits per heavy atom. The third kappa shape index (κ3) is 4.85. The number of benzene rings is 3. The summed E-state index contributed by atoms with van der Waals surface area (Å²) in [6, 6.07) is 22.5. The van der Waals surface area contributed by atoms with E-state index in [9.17, 15) is 4.79 Å². The van der Waals surface area contributed by atoms with Gasteiger partial charge in [-0.2, -0.15) is 10.2 Å². The highest BCUT2D eigenvalue weighted by atomic mass is 35.5. The molecule has 0 aliphatic heterocycles. The Bertz CT molecular complexity index is 1270. The van der Waals surface area contributed by atoms with E-state index in [1.165, 1.54) is 6.07 Å². The number of hydrazone groups is 1. The predicted molar refractivity (Wildman–Crippen MR) is 125 cm³/mol. The van der Waals surface area contributed by atoms with Gasteiger partial charge in [-0.25, -0.2) is 10.1 Å². The maximum Gasteiger partial charge on any atom is 0.271 e. The Morgan fingerprint density at radius 3 is 2.55 bits per heavy atom. The van der Waals surface area contributed by atoms with Crippen molar-refractivity contribution in [2.24, 2.45) is 5.10 Å². The first-order valence-electron chi connectivity index (χ1n) is 9.52. The Hall–Kier alpha value is -3.41. The lowest BCUT2D eigenvalue weighted by atomic mass is 10.1. The molecule has 0 unspecified atom stereocenters. The largest absolute Gasteiger partial charge is 0.271 e. The maximum atomic E-state index is 12.4. The topological polar surface area (TPSA) is 59.3 Å². The Balaban J connectivity index is 1.63. The van der Waals surface area contributed by atoms with Crippen LogP contribution in [0.3, 0.4) is 0 Å². The number of nitrogens with zero attached hydrogens (tertiary/aromatic N) is 3. The molecule has 0 saturated heterocycles. The molecule has 154 valence electrons. The van der Waals surface area contributed by atoms with Crippen molar-refractivity contribution in [2.45, 2.75) is 6.92 Å². The zero-order valence-corrected chi connectivity index (χ0v) is 18.1. The van der Waals surface area contributed by atoms with Gasteiger partial charge in [0.2, 0.25) is 0 Å². The summed E-state index contributed by atoms with van der Waals surface area (Å²) in [5, 5.41) is 9.58. The first-order chi connectivity index (χ1) is 15.0. The first-order valence-corrected chi connectivity index (χ1v) is 10.3. The summed E-state index contributed by atoms with van der Waals surface area (Å²) in [6.07, 6.45) is 3.46. The Kier molecular flexibility index (Phi) is 6.16. The van der Waals surface area contributed by atoms with Crippen LogP contribution in [0.5, 0.6) is 0 Å². The second kappa shape index (κ2) is 9.16. The summed E-state index contributed by atoms with van der Waals surface area (Å²) in [4.78, 5) is 12.4. The van der Waals surface area contributed by atoms with Gasteiger partial charge in [0, 0.05) is 22.9 Å². The first kappa shape index (κ1) is 20.8. The second-order valence-corrected chi connectivity index (χ2v) is 7.73. The second-order valence-electron chi connectivity index (χ2n) is 6.91. The minimum absolute atomic E-state index is 0.309. The molecular weight excluding hydrogens is 431 g/mol. The summed E-state index contributed by atoms with van der Waals surface area (Å²) in [7, 11) is 0. The number of amides is 1. The van der Waals surface area contributed by atoms with Crippen molar-refractivity contribution in [1.29, 1.82) is 0 Å². The van der Waals surface area contributed by atoms with Crippen LogP contribution in [0.15, 0.2) is 84.1 Å². The average molecular weight is 449 g/mol. The number of para-hydroxylation sites is 1. The lowest BCUT2D eigenvalue weighted by Gasteiger charge is -2.02. The van der Waals surface area contributed by atoms with Crippen LogP contribution in [0.1, 0.15) is 21.5 Å². The molecule has 0 bridgehead atoms. The third-order valence-electron chi connectivity index (χ3n) is 4.61. The van der Waals surface area contributed by atoms with Crippen LogP contribution in [0.25, 0.3) is 16.9 Å². The SMILES string of the molecule is Cc1cccc(-c2nn(-c3ccccc3)cc2C=NNC(=O)c2ccc(Cl)c(Cl)c2)c1. The quantitative estimate of drug-likeness (QED) is 0.304. The van der Waals surface area contributed by atoms with Crippen molar-refractivity contribution in [3.05, 3.63) is 106 Å². The van der Waals surface area contributed by atoms with Crippen LogP contribution < -0.4 is 5.43 Å². The number of aryl methyl sites for hydroxylation is 1. The molecule has 1 aromatic heterocycles. The molecule has 4 aromatic rings. The van der Waals surface area contributed by atoms with E-state index in [1.54, 1.807) is 23.0 Å². The van der Waals surface area contributed by atoms with Gasteiger partial charge in [-0.15, -0.1) is 0 Å². The van der Waals surface area contributed by atoms with Gasteiger partial charge in [0.15, 0.2) is 0 Å². The van der Waals surface area contributed by atoms with Gasteiger partial charge in [-0.05, 0) is 43.3 Å². The highest BCUT2D eigenvalue weighted by Gasteiger charge is 2.12. The van der Waals surface area contributed by atoms with Gasteiger partial charge in [0.25, 0.3) is 5.91 Å². The third-order valence-corrected chi connectivity index (χ3v) is 5.35. The minimum atomic E-state index is -0.387. The maximum absolute atomic E-state index is 12.4. The van der Waals surface area contributed by atoms with Crippen molar-refractivity contribution in [1.82, 2.24) is 15.2 Å². The molecule has 1 N–H and O–H groups in total. The molecule has 0 fully saturated rings. The van der Waals surface area contributed by atoms with E-state index < -0.39 is 0 Å². The van der Waals surface area contributed by atoms with Gasteiger partial charge in [-0.3, -0.25) is 4.79 Å². The van der Waals surface area contributed by atoms with E-state index in [4.69, 9.17) is 28.3 Å². The van der Waals surface area contributed by atoms with Crippen molar-refractivity contribution < 1.29 is 4.79 Å². The summed E-state index contributed by atoms with van der Waals surface area (Å²) in [6.45, 7) is 2.03. The average Bonchev–Trinajstić information content (AvgIpc) is 3.20. The van der Waals surface area contributed by atoms with E-state index in [1.807, 2.05) is 61.7 Å². The molecule has 5 nitrogen and oxygen atoms in total. The van der Waals surface area contributed by atoms with Gasteiger partial charge < -0.3 is 0 Å². The molecule has 7 heteroatoms. The van der Waals surface area contributed by atoms with Crippen LogP contribution in [0.2, 0.25) is 10.0 Å². The predicted octanol–water partition coefficient (Wildman–Crippen LogP) is 5.92. The van der Waals surface area contributed by atoms with Gasteiger partial charge in [-0.1, -0.05) is 65.2 Å². The number of nitrogens with one attached hydrogen (secondary N) is 1. The van der Waals surface area contributed by atoms with Gasteiger partial charge in [0.1, 0.15) is 5.69 Å². The molecule has 0 atom stereocenters. The number of carbonyl (C=O) groups excluding carboxylic acids is 1. The summed E-state index contributed by atoms with van der Waals surface area (Å²) < 4.78 is 1.79. The molecule has 0 aliphatic rings. The van der Waals surface area contributed by atoms with E-state index in [0.29, 0.717) is 15.6 Å². The zero-order valence-electron chi connectivity index (χ0n) is 16.6. The number of hydrogen-bond donors (Lipinski definition) is 1. The Labute approximate surface area is 189 Å². The van der Waals surface area contributed by atoms with E-state index in [0.717, 1.165) is 28.1 Å². The fourth-order valence-corrected chi connectivity index (χ4v) is 3.37. The zero-order chi connectivity index (χ0) is 21.8. The van der Waals surface area contributed by atoms with Crippen LogP contribution >= 0.6 is 23.2 Å². The number of halogens is 2. The van der Waals surface area contributed by atoms with Crippen LogP contribution in [0, 0.1) is 6.92 Å². The molecule has 0 saturated carbocycles. The highest BCUT2D eigenvalue weighted by Crippen LogP contribution is 2.24. The van der Waals surface area contributed by atoms with Crippen molar-refractivity contribution in [2.75, 3.05) is 0 Å². The molecule has 0 aliphatic carbocycles. The normalized spacial score (nSPS) is 11.1.